The SMILES string of the molecule is N[C@H](Cc1cc(F)c(F)cc1F)[C@H]1C[C@H]2CC[C@@H](C1)N2C(=O)CNC(=O)Cc1ccccc1. The number of hydrogen-bond donors (Lipinski definition) is 2. The van der Waals surface area contributed by atoms with Crippen LogP contribution in [0.2, 0.25) is 0 Å². The molecule has 3 N–H and O–H groups in total. The molecule has 4 atom stereocenters. The first-order chi connectivity index (χ1) is 15.8. The van der Waals surface area contributed by atoms with E-state index in [0.717, 1.165) is 24.5 Å². The van der Waals surface area contributed by atoms with Crippen LogP contribution < -0.4 is 11.1 Å². The summed E-state index contributed by atoms with van der Waals surface area (Å²) in [6.45, 7) is -0.0462. The van der Waals surface area contributed by atoms with Crippen molar-refractivity contribution in [3.8, 4) is 0 Å². The van der Waals surface area contributed by atoms with E-state index in [1.165, 1.54) is 0 Å². The van der Waals surface area contributed by atoms with E-state index < -0.39 is 23.5 Å². The molecule has 2 heterocycles. The Bertz CT molecular complexity index is 1000. The number of fused-ring (bicyclic) bond motifs is 2. The maximum absolute atomic E-state index is 14.0. The average molecular weight is 460 g/mol. The first kappa shape index (κ1) is 23.3. The lowest BCUT2D eigenvalue weighted by Gasteiger charge is -2.41. The number of carbonyl (C=O) groups excluding carboxylic acids is 2. The van der Waals surface area contributed by atoms with E-state index >= 15 is 0 Å². The van der Waals surface area contributed by atoms with Gasteiger partial charge in [-0.1, -0.05) is 30.3 Å². The molecule has 2 aromatic rings. The van der Waals surface area contributed by atoms with Crippen LogP contribution in [0.5, 0.6) is 0 Å². The van der Waals surface area contributed by atoms with E-state index in [1.807, 2.05) is 35.2 Å². The topological polar surface area (TPSA) is 75.4 Å². The van der Waals surface area contributed by atoms with Gasteiger partial charge in [0.25, 0.3) is 0 Å². The molecule has 0 saturated carbocycles. The van der Waals surface area contributed by atoms with Crippen LogP contribution >= 0.6 is 0 Å². The van der Waals surface area contributed by atoms with Crippen LogP contribution in [0.4, 0.5) is 13.2 Å². The molecule has 4 rings (SSSR count). The van der Waals surface area contributed by atoms with Gasteiger partial charge in [-0.25, -0.2) is 13.2 Å². The van der Waals surface area contributed by atoms with E-state index in [4.69, 9.17) is 5.73 Å². The van der Waals surface area contributed by atoms with Crippen molar-refractivity contribution in [1.82, 2.24) is 10.2 Å². The highest BCUT2D eigenvalue weighted by atomic mass is 19.2. The van der Waals surface area contributed by atoms with Crippen LogP contribution in [0.15, 0.2) is 42.5 Å². The fourth-order valence-corrected chi connectivity index (χ4v) is 5.23. The zero-order chi connectivity index (χ0) is 23.5. The smallest absolute Gasteiger partial charge is 0.242 e. The Hall–Kier alpha value is -2.87. The highest BCUT2D eigenvalue weighted by Crippen LogP contribution is 2.40. The van der Waals surface area contributed by atoms with Gasteiger partial charge in [-0.05, 0) is 55.2 Å². The number of halogens is 3. The molecule has 33 heavy (non-hydrogen) atoms. The highest BCUT2D eigenvalue weighted by molar-refractivity contribution is 5.86. The van der Waals surface area contributed by atoms with Crippen molar-refractivity contribution in [2.75, 3.05) is 6.54 Å². The molecule has 8 heteroatoms. The molecule has 5 nitrogen and oxygen atoms in total. The molecular weight excluding hydrogens is 431 g/mol. The third-order valence-corrected chi connectivity index (χ3v) is 6.85. The number of hydrogen-bond acceptors (Lipinski definition) is 3. The van der Waals surface area contributed by atoms with Gasteiger partial charge in [0.05, 0.1) is 13.0 Å². The minimum absolute atomic E-state index is 0.0214. The van der Waals surface area contributed by atoms with E-state index in [-0.39, 0.29) is 54.8 Å². The number of amides is 2. The Morgan fingerprint density at radius 2 is 1.64 bits per heavy atom. The van der Waals surface area contributed by atoms with Crippen LogP contribution in [0, 0.1) is 23.4 Å². The molecular formula is C25H28F3N3O2. The number of benzene rings is 2. The predicted octanol–water partition coefficient (Wildman–Crippen LogP) is 3.10. The minimum atomic E-state index is -1.22. The van der Waals surface area contributed by atoms with Gasteiger partial charge >= 0.3 is 0 Å². The summed E-state index contributed by atoms with van der Waals surface area (Å²) in [4.78, 5) is 26.9. The molecule has 0 unspecified atom stereocenters. The summed E-state index contributed by atoms with van der Waals surface area (Å²) in [6, 6.07) is 10.4. The highest BCUT2D eigenvalue weighted by Gasteiger charge is 2.44. The summed E-state index contributed by atoms with van der Waals surface area (Å²) in [5.74, 6) is -3.37. The maximum atomic E-state index is 14.0. The summed E-state index contributed by atoms with van der Waals surface area (Å²) >= 11 is 0. The molecule has 2 aliphatic rings. The molecule has 2 aliphatic heterocycles. The van der Waals surface area contributed by atoms with Crippen LogP contribution in [-0.2, 0) is 22.4 Å². The van der Waals surface area contributed by atoms with Crippen molar-refractivity contribution >= 4 is 11.8 Å². The third kappa shape index (κ3) is 5.38. The molecule has 176 valence electrons. The fraction of sp³-hybridized carbons (Fsp3) is 0.440. The standard InChI is InChI=1S/C25H28F3N3O2/c26-20-13-22(28)21(27)11-16(20)12-23(29)17-9-18-6-7-19(10-17)31(18)25(33)14-30-24(32)8-15-4-2-1-3-5-15/h1-5,11,13,17-19,23H,6-10,12,14,29H2,(H,30,32)/t17-,18+,19-,23-/m1/s1. The van der Waals surface area contributed by atoms with E-state index in [1.54, 1.807) is 0 Å². The average Bonchev–Trinajstić information content (AvgIpc) is 3.05. The number of nitrogens with two attached hydrogens (primary N) is 1. The quantitative estimate of drug-likeness (QED) is 0.625. The number of nitrogens with one attached hydrogen (secondary N) is 1. The van der Waals surface area contributed by atoms with Gasteiger partial charge in [0.2, 0.25) is 11.8 Å². The molecule has 0 aliphatic carbocycles. The zero-order valence-corrected chi connectivity index (χ0v) is 18.3. The third-order valence-electron chi connectivity index (χ3n) is 6.85. The second kappa shape index (κ2) is 9.95. The first-order valence-electron chi connectivity index (χ1n) is 11.3. The lowest BCUT2D eigenvalue weighted by Crippen LogP contribution is -2.52. The summed E-state index contributed by atoms with van der Waals surface area (Å²) in [5, 5.41) is 2.72. The molecule has 2 amide bonds. The largest absolute Gasteiger partial charge is 0.347 e. The lowest BCUT2D eigenvalue weighted by molar-refractivity contribution is -0.137. The minimum Gasteiger partial charge on any atom is -0.347 e. The van der Waals surface area contributed by atoms with Crippen LogP contribution in [0.25, 0.3) is 0 Å². The van der Waals surface area contributed by atoms with E-state index in [2.05, 4.69) is 5.32 Å². The van der Waals surface area contributed by atoms with Gasteiger partial charge in [-0.15, -0.1) is 0 Å². The van der Waals surface area contributed by atoms with Gasteiger partial charge < -0.3 is 16.0 Å². The normalized spacial score (nSPS) is 22.8. The molecule has 0 radical (unpaired) electrons. The number of nitrogens with zero attached hydrogens (tertiary/aromatic N) is 1. The van der Waals surface area contributed by atoms with Crippen molar-refractivity contribution in [1.29, 1.82) is 0 Å². The zero-order valence-electron chi connectivity index (χ0n) is 18.3. The van der Waals surface area contributed by atoms with Crippen molar-refractivity contribution < 1.29 is 22.8 Å². The van der Waals surface area contributed by atoms with Crippen molar-refractivity contribution in [2.24, 2.45) is 11.7 Å². The Balaban J connectivity index is 1.31. The van der Waals surface area contributed by atoms with Crippen molar-refractivity contribution in [2.45, 2.75) is 56.7 Å². The van der Waals surface area contributed by atoms with Crippen molar-refractivity contribution in [3.05, 3.63) is 71.0 Å². The van der Waals surface area contributed by atoms with Crippen LogP contribution in [-0.4, -0.2) is 41.4 Å². The second-order valence-corrected chi connectivity index (χ2v) is 9.08. The summed E-state index contributed by atoms with van der Waals surface area (Å²) in [7, 11) is 0. The fourth-order valence-electron chi connectivity index (χ4n) is 5.23. The predicted molar refractivity (Wildman–Crippen MR) is 118 cm³/mol. The second-order valence-electron chi connectivity index (χ2n) is 9.08. The lowest BCUT2D eigenvalue weighted by atomic mass is 9.82. The van der Waals surface area contributed by atoms with E-state index in [9.17, 15) is 22.8 Å². The number of rotatable bonds is 7. The Kier molecular flexibility index (Phi) is 7.02. The monoisotopic (exact) mass is 459 g/mol. The molecule has 2 saturated heterocycles. The molecule has 0 spiro atoms. The maximum Gasteiger partial charge on any atom is 0.242 e. The summed E-state index contributed by atoms with van der Waals surface area (Å²) < 4.78 is 40.7. The first-order valence-corrected chi connectivity index (χ1v) is 11.3. The molecule has 2 bridgehead atoms. The summed E-state index contributed by atoms with van der Waals surface area (Å²) in [6.07, 6.45) is 3.39. The number of piperidine rings is 1. The van der Waals surface area contributed by atoms with Gasteiger partial charge in [-0.3, -0.25) is 9.59 Å². The van der Waals surface area contributed by atoms with E-state index in [0.29, 0.717) is 18.9 Å². The van der Waals surface area contributed by atoms with Crippen molar-refractivity contribution in [3.63, 3.8) is 0 Å². The molecule has 2 aromatic carbocycles. The number of carbonyl (C=O) groups is 2. The molecule has 0 aromatic heterocycles. The Morgan fingerprint density at radius 1 is 1.00 bits per heavy atom. The Labute approximate surface area is 191 Å². The summed E-state index contributed by atoms with van der Waals surface area (Å²) in [5.41, 5.74) is 7.29. The molecule has 2 fully saturated rings. The van der Waals surface area contributed by atoms with Crippen LogP contribution in [0.1, 0.15) is 36.8 Å². The Morgan fingerprint density at radius 3 is 2.30 bits per heavy atom. The van der Waals surface area contributed by atoms with Gasteiger partial charge in [-0.2, -0.15) is 0 Å². The van der Waals surface area contributed by atoms with Gasteiger partial charge in [0.1, 0.15) is 5.82 Å². The van der Waals surface area contributed by atoms with Crippen LogP contribution in [0.3, 0.4) is 0 Å². The van der Waals surface area contributed by atoms with Gasteiger partial charge in [0, 0.05) is 24.2 Å². The van der Waals surface area contributed by atoms with Gasteiger partial charge in [0.15, 0.2) is 11.6 Å².